The third kappa shape index (κ3) is 5.03. The predicted molar refractivity (Wildman–Crippen MR) is 98.7 cm³/mol. The maximum Gasteiger partial charge on any atom is 0.279 e. The summed E-state index contributed by atoms with van der Waals surface area (Å²) in [5, 5.41) is 4.93. The van der Waals surface area contributed by atoms with Crippen LogP contribution in [-0.2, 0) is 14.8 Å². The first-order valence-corrected chi connectivity index (χ1v) is 10.3. The lowest BCUT2D eigenvalue weighted by molar-refractivity contribution is -0.688. The molecular formula is C18H30N3O3S+. The van der Waals surface area contributed by atoms with Crippen molar-refractivity contribution in [3.05, 3.63) is 24.3 Å². The van der Waals surface area contributed by atoms with Crippen LogP contribution in [0.15, 0.2) is 29.2 Å². The summed E-state index contributed by atoms with van der Waals surface area (Å²) in [6.07, 6.45) is 3.64. The molecule has 1 aromatic carbocycles. The molecule has 0 radical (unpaired) electrons. The van der Waals surface area contributed by atoms with E-state index in [9.17, 15) is 13.2 Å². The fraction of sp³-hybridized carbons (Fsp3) is 0.611. The Morgan fingerprint density at radius 1 is 1.28 bits per heavy atom. The van der Waals surface area contributed by atoms with Crippen LogP contribution in [0.1, 0.15) is 33.1 Å². The highest BCUT2D eigenvalue weighted by Crippen LogP contribution is 2.27. The van der Waals surface area contributed by atoms with Crippen molar-refractivity contribution in [2.75, 3.05) is 26.0 Å². The smallest absolute Gasteiger partial charge is 0.279 e. The Morgan fingerprint density at radius 3 is 2.68 bits per heavy atom. The van der Waals surface area contributed by atoms with Gasteiger partial charge in [0.2, 0.25) is 10.0 Å². The van der Waals surface area contributed by atoms with Gasteiger partial charge in [0.1, 0.15) is 0 Å². The van der Waals surface area contributed by atoms with Crippen LogP contribution in [0.5, 0.6) is 0 Å². The Labute approximate surface area is 151 Å². The normalized spacial score (nSPS) is 24.3. The molecule has 1 amide bonds. The van der Waals surface area contributed by atoms with Crippen molar-refractivity contribution in [1.82, 2.24) is 4.31 Å². The quantitative estimate of drug-likeness (QED) is 0.793. The maximum absolute atomic E-state index is 12.2. The molecule has 140 valence electrons. The fourth-order valence-electron chi connectivity index (χ4n) is 3.37. The molecule has 0 saturated heterocycles. The molecule has 1 fully saturated rings. The van der Waals surface area contributed by atoms with Crippen LogP contribution in [-0.4, -0.2) is 45.3 Å². The minimum Gasteiger partial charge on any atom is -0.336 e. The minimum absolute atomic E-state index is 0.107. The molecule has 0 unspecified atom stereocenters. The molecule has 1 aliphatic rings. The number of hydrogen-bond donors (Lipinski definition) is 2. The van der Waals surface area contributed by atoms with E-state index in [1.807, 2.05) is 0 Å². The first-order chi connectivity index (χ1) is 11.7. The Kier molecular flexibility index (Phi) is 6.59. The van der Waals surface area contributed by atoms with Gasteiger partial charge in [0, 0.05) is 25.7 Å². The summed E-state index contributed by atoms with van der Waals surface area (Å²) in [5.74, 6) is 1.20. The van der Waals surface area contributed by atoms with E-state index >= 15 is 0 Å². The molecule has 3 N–H and O–H groups in total. The van der Waals surface area contributed by atoms with Crippen molar-refractivity contribution in [2.45, 2.75) is 44.0 Å². The van der Waals surface area contributed by atoms with Gasteiger partial charge in [0.15, 0.2) is 6.54 Å². The number of carbonyl (C=O) groups is 1. The van der Waals surface area contributed by atoms with Crippen molar-refractivity contribution in [3.8, 4) is 0 Å². The highest BCUT2D eigenvalue weighted by atomic mass is 32.2. The topological polar surface area (TPSA) is 83.1 Å². The number of hydrogen-bond acceptors (Lipinski definition) is 3. The number of anilines is 1. The molecule has 2 rings (SSSR count). The molecule has 1 saturated carbocycles. The Bertz CT molecular complexity index is 703. The Hall–Kier alpha value is -1.44. The number of carbonyl (C=O) groups excluding carboxylic acids is 1. The number of benzene rings is 1. The van der Waals surface area contributed by atoms with Crippen molar-refractivity contribution >= 4 is 21.6 Å². The van der Waals surface area contributed by atoms with E-state index in [1.54, 1.807) is 12.1 Å². The Morgan fingerprint density at radius 2 is 2.00 bits per heavy atom. The van der Waals surface area contributed by atoms with Crippen molar-refractivity contribution < 1.29 is 18.5 Å². The average molecular weight is 369 g/mol. The molecule has 25 heavy (non-hydrogen) atoms. The zero-order chi connectivity index (χ0) is 18.6. The largest absolute Gasteiger partial charge is 0.336 e. The first kappa shape index (κ1) is 19.9. The maximum atomic E-state index is 12.2. The van der Waals surface area contributed by atoms with Crippen LogP contribution < -0.4 is 10.6 Å². The second-order valence-electron chi connectivity index (χ2n) is 7.23. The van der Waals surface area contributed by atoms with E-state index in [0.29, 0.717) is 30.1 Å². The van der Waals surface area contributed by atoms with Crippen LogP contribution in [0.3, 0.4) is 0 Å². The van der Waals surface area contributed by atoms with E-state index in [4.69, 9.17) is 0 Å². The van der Waals surface area contributed by atoms with Gasteiger partial charge in [0.05, 0.1) is 10.9 Å². The summed E-state index contributed by atoms with van der Waals surface area (Å²) in [6, 6.07) is 6.86. The predicted octanol–water partition coefficient (Wildman–Crippen LogP) is 1.26. The number of nitrogens with zero attached hydrogens (tertiary/aromatic N) is 1. The molecule has 1 aromatic rings. The summed E-state index contributed by atoms with van der Waals surface area (Å²) >= 11 is 0. The summed E-state index contributed by atoms with van der Waals surface area (Å²) in [5.41, 5.74) is 0.506. The minimum atomic E-state index is -3.50. The highest BCUT2D eigenvalue weighted by Gasteiger charge is 2.30. The van der Waals surface area contributed by atoms with Gasteiger partial charge in [0.25, 0.3) is 5.91 Å². The molecule has 3 atom stereocenters. The van der Waals surface area contributed by atoms with Gasteiger partial charge in [-0.05, 0) is 43.4 Å². The lowest BCUT2D eigenvalue weighted by Crippen LogP contribution is -2.93. The van der Waals surface area contributed by atoms with E-state index in [-0.39, 0.29) is 10.8 Å². The van der Waals surface area contributed by atoms with Crippen LogP contribution in [0.2, 0.25) is 0 Å². The molecular weight excluding hydrogens is 338 g/mol. The van der Waals surface area contributed by atoms with Crippen molar-refractivity contribution in [2.24, 2.45) is 11.8 Å². The van der Waals surface area contributed by atoms with Gasteiger partial charge in [-0.2, -0.15) is 0 Å². The van der Waals surface area contributed by atoms with Crippen LogP contribution in [0, 0.1) is 11.8 Å². The van der Waals surface area contributed by atoms with E-state index < -0.39 is 10.0 Å². The molecule has 0 spiro atoms. The molecule has 1 aliphatic carbocycles. The summed E-state index contributed by atoms with van der Waals surface area (Å²) in [4.78, 5) is 12.4. The van der Waals surface area contributed by atoms with E-state index in [2.05, 4.69) is 24.5 Å². The first-order valence-electron chi connectivity index (χ1n) is 8.87. The standard InChI is InChI=1S/C18H29N3O3S/c1-13-7-5-10-17(14(13)2)19-12-18(22)20-15-8-6-9-16(11-15)25(23,24)21(3)4/h6,8-9,11,13-14,17,19H,5,7,10,12H2,1-4H3,(H,20,22)/p+1/t13-,14-,17-/m1/s1. The number of nitrogens with one attached hydrogen (secondary N) is 1. The van der Waals surface area contributed by atoms with Gasteiger partial charge >= 0.3 is 0 Å². The fourth-order valence-corrected chi connectivity index (χ4v) is 4.32. The second kappa shape index (κ2) is 8.29. The third-order valence-corrected chi connectivity index (χ3v) is 7.08. The summed E-state index contributed by atoms with van der Waals surface area (Å²) < 4.78 is 25.5. The molecule has 7 heteroatoms. The van der Waals surface area contributed by atoms with Crippen molar-refractivity contribution in [3.63, 3.8) is 0 Å². The molecule has 6 nitrogen and oxygen atoms in total. The second-order valence-corrected chi connectivity index (χ2v) is 9.39. The van der Waals surface area contributed by atoms with Gasteiger partial charge in [-0.25, -0.2) is 12.7 Å². The number of amides is 1. The zero-order valence-electron chi connectivity index (χ0n) is 15.5. The Balaban J connectivity index is 1.95. The number of quaternary nitrogens is 1. The van der Waals surface area contributed by atoms with Crippen molar-refractivity contribution in [1.29, 1.82) is 0 Å². The lowest BCUT2D eigenvalue weighted by Gasteiger charge is -2.31. The van der Waals surface area contributed by atoms with E-state index in [1.165, 1.54) is 39.1 Å². The number of nitrogens with two attached hydrogens (primary N) is 1. The number of sulfonamides is 1. The average Bonchev–Trinajstić information content (AvgIpc) is 2.56. The molecule has 0 bridgehead atoms. The third-order valence-electron chi connectivity index (χ3n) is 5.27. The van der Waals surface area contributed by atoms with Gasteiger partial charge in [-0.3, -0.25) is 4.79 Å². The van der Waals surface area contributed by atoms with Crippen LogP contribution in [0.25, 0.3) is 0 Å². The van der Waals surface area contributed by atoms with Gasteiger partial charge in [-0.15, -0.1) is 0 Å². The zero-order valence-corrected chi connectivity index (χ0v) is 16.3. The number of rotatable bonds is 6. The van der Waals surface area contributed by atoms with Crippen LogP contribution in [0.4, 0.5) is 5.69 Å². The van der Waals surface area contributed by atoms with Gasteiger partial charge in [-0.1, -0.05) is 19.9 Å². The van der Waals surface area contributed by atoms with Crippen LogP contribution >= 0.6 is 0 Å². The molecule has 0 aliphatic heterocycles. The lowest BCUT2D eigenvalue weighted by atomic mass is 9.78. The van der Waals surface area contributed by atoms with Gasteiger partial charge < -0.3 is 10.6 Å². The highest BCUT2D eigenvalue weighted by molar-refractivity contribution is 7.89. The molecule has 0 heterocycles. The molecule has 0 aromatic heterocycles. The SMILES string of the molecule is C[C@@H]1[C@H](C)CCC[C@H]1[NH2+]CC(=O)Nc1cccc(S(=O)(=O)N(C)C)c1. The van der Waals surface area contributed by atoms with E-state index in [0.717, 1.165) is 10.7 Å². The summed E-state index contributed by atoms with van der Waals surface area (Å²) in [7, 11) is -0.528. The monoisotopic (exact) mass is 368 g/mol. The summed E-state index contributed by atoms with van der Waals surface area (Å²) in [6.45, 7) is 4.90.